The Morgan fingerprint density at radius 2 is 1.85 bits per heavy atom. The van der Waals surface area contributed by atoms with Crippen LogP contribution in [0.4, 0.5) is 0 Å². The van der Waals surface area contributed by atoms with E-state index in [2.05, 4.69) is 0 Å². The van der Waals surface area contributed by atoms with Gasteiger partial charge in [-0.15, -0.1) is 0 Å². The molecular formula is C10H16N2O. The monoisotopic (exact) mass is 180 g/mol. The van der Waals surface area contributed by atoms with Crippen molar-refractivity contribution in [1.29, 1.82) is 0 Å². The Balaban J connectivity index is 3.15. The summed E-state index contributed by atoms with van der Waals surface area (Å²) in [5, 5.41) is 9.58. The van der Waals surface area contributed by atoms with Gasteiger partial charge in [0, 0.05) is 18.2 Å². The summed E-state index contributed by atoms with van der Waals surface area (Å²) in [5.74, 6) is 0.237. The van der Waals surface area contributed by atoms with Crippen molar-refractivity contribution in [3.05, 3.63) is 28.8 Å². The van der Waals surface area contributed by atoms with E-state index in [9.17, 15) is 5.11 Å². The molecule has 0 amide bonds. The minimum Gasteiger partial charge on any atom is -0.508 e. The van der Waals surface area contributed by atoms with Gasteiger partial charge >= 0.3 is 0 Å². The van der Waals surface area contributed by atoms with Gasteiger partial charge in [-0.2, -0.15) is 0 Å². The second-order valence-corrected chi connectivity index (χ2v) is 3.34. The first kappa shape index (κ1) is 10.0. The van der Waals surface area contributed by atoms with E-state index in [-0.39, 0.29) is 11.8 Å². The SMILES string of the molecule is Cc1cc(O)c([C@H](N)CN)cc1C. The number of aryl methyl sites for hydroxylation is 2. The molecular weight excluding hydrogens is 164 g/mol. The van der Waals surface area contributed by atoms with Gasteiger partial charge in [0.25, 0.3) is 0 Å². The van der Waals surface area contributed by atoms with Crippen LogP contribution in [0.2, 0.25) is 0 Å². The molecule has 1 aromatic rings. The van der Waals surface area contributed by atoms with Crippen LogP contribution in [-0.4, -0.2) is 11.7 Å². The lowest BCUT2D eigenvalue weighted by atomic mass is 10.0. The van der Waals surface area contributed by atoms with E-state index in [0.29, 0.717) is 6.54 Å². The number of rotatable bonds is 2. The van der Waals surface area contributed by atoms with Gasteiger partial charge in [0.2, 0.25) is 0 Å². The molecule has 0 aliphatic rings. The van der Waals surface area contributed by atoms with Gasteiger partial charge in [-0.25, -0.2) is 0 Å². The number of benzene rings is 1. The van der Waals surface area contributed by atoms with Crippen molar-refractivity contribution in [2.75, 3.05) is 6.54 Å². The van der Waals surface area contributed by atoms with Crippen molar-refractivity contribution >= 4 is 0 Å². The van der Waals surface area contributed by atoms with E-state index in [1.165, 1.54) is 0 Å². The first-order valence-corrected chi connectivity index (χ1v) is 4.32. The smallest absolute Gasteiger partial charge is 0.120 e. The van der Waals surface area contributed by atoms with E-state index in [0.717, 1.165) is 16.7 Å². The van der Waals surface area contributed by atoms with Crippen LogP contribution in [-0.2, 0) is 0 Å². The largest absolute Gasteiger partial charge is 0.508 e. The molecule has 0 bridgehead atoms. The van der Waals surface area contributed by atoms with Crippen LogP contribution in [0.15, 0.2) is 12.1 Å². The van der Waals surface area contributed by atoms with Gasteiger partial charge in [-0.05, 0) is 31.0 Å². The number of phenolic OH excluding ortho intramolecular Hbond substituents is 1. The molecule has 0 saturated carbocycles. The first-order chi connectivity index (χ1) is 6.06. The van der Waals surface area contributed by atoms with Gasteiger partial charge in [-0.1, -0.05) is 6.07 Å². The van der Waals surface area contributed by atoms with Crippen LogP contribution in [0.1, 0.15) is 22.7 Å². The standard InChI is InChI=1S/C10H16N2O/c1-6-3-8(9(12)5-11)10(13)4-7(6)2/h3-4,9,13H,5,11-12H2,1-2H3/t9-/m1/s1. The Morgan fingerprint density at radius 1 is 1.31 bits per heavy atom. The van der Waals surface area contributed by atoms with Gasteiger partial charge in [0.15, 0.2) is 0 Å². The summed E-state index contributed by atoms with van der Waals surface area (Å²) in [6.45, 7) is 4.28. The Hall–Kier alpha value is -1.06. The quantitative estimate of drug-likeness (QED) is 0.635. The second-order valence-electron chi connectivity index (χ2n) is 3.34. The lowest BCUT2D eigenvalue weighted by Gasteiger charge is -2.13. The van der Waals surface area contributed by atoms with Crippen molar-refractivity contribution in [3.8, 4) is 5.75 Å². The number of phenols is 1. The average Bonchev–Trinajstić information content (AvgIpc) is 2.10. The predicted molar refractivity (Wildman–Crippen MR) is 53.6 cm³/mol. The molecule has 1 atom stereocenters. The Morgan fingerprint density at radius 3 is 2.38 bits per heavy atom. The highest BCUT2D eigenvalue weighted by Crippen LogP contribution is 2.25. The molecule has 0 aliphatic carbocycles. The average molecular weight is 180 g/mol. The molecule has 0 fully saturated rings. The molecule has 0 unspecified atom stereocenters. The summed E-state index contributed by atoms with van der Waals surface area (Å²) in [5.41, 5.74) is 14.1. The Bertz CT molecular complexity index is 310. The fourth-order valence-corrected chi connectivity index (χ4v) is 1.25. The summed E-state index contributed by atoms with van der Waals surface area (Å²) in [6.07, 6.45) is 0. The minimum absolute atomic E-state index is 0.237. The highest BCUT2D eigenvalue weighted by molar-refractivity contribution is 5.42. The Kier molecular flexibility index (Phi) is 2.90. The molecule has 0 aromatic heterocycles. The van der Waals surface area contributed by atoms with Crippen LogP contribution >= 0.6 is 0 Å². The van der Waals surface area contributed by atoms with Crippen molar-refractivity contribution in [1.82, 2.24) is 0 Å². The van der Waals surface area contributed by atoms with E-state index in [1.807, 2.05) is 19.9 Å². The number of hydrogen-bond acceptors (Lipinski definition) is 3. The van der Waals surface area contributed by atoms with Crippen molar-refractivity contribution in [2.24, 2.45) is 11.5 Å². The molecule has 0 aliphatic heterocycles. The molecule has 0 heterocycles. The Labute approximate surface area is 78.4 Å². The number of aromatic hydroxyl groups is 1. The summed E-state index contributed by atoms with van der Waals surface area (Å²) >= 11 is 0. The number of nitrogens with two attached hydrogens (primary N) is 2. The molecule has 1 rings (SSSR count). The van der Waals surface area contributed by atoms with Crippen molar-refractivity contribution in [3.63, 3.8) is 0 Å². The topological polar surface area (TPSA) is 72.3 Å². The third kappa shape index (κ3) is 1.99. The van der Waals surface area contributed by atoms with Crippen LogP contribution < -0.4 is 11.5 Å². The zero-order valence-corrected chi connectivity index (χ0v) is 8.04. The van der Waals surface area contributed by atoms with Gasteiger partial charge in [0.05, 0.1) is 0 Å². The zero-order chi connectivity index (χ0) is 10.0. The summed E-state index contributed by atoms with van der Waals surface area (Å²) in [6, 6.07) is 3.34. The predicted octanol–water partition coefficient (Wildman–Crippen LogP) is 0.968. The molecule has 1 aromatic carbocycles. The highest BCUT2D eigenvalue weighted by Gasteiger charge is 2.10. The van der Waals surface area contributed by atoms with Crippen molar-refractivity contribution in [2.45, 2.75) is 19.9 Å². The molecule has 13 heavy (non-hydrogen) atoms. The molecule has 0 spiro atoms. The summed E-state index contributed by atoms with van der Waals surface area (Å²) in [7, 11) is 0. The molecule has 0 saturated heterocycles. The molecule has 3 nitrogen and oxygen atoms in total. The molecule has 72 valence electrons. The van der Waals surface area contributed by atoms with Crippen LogP contribution in [0.25, 0.3) is 0 Å². The zero-order valence-electron chi connectivity index (χ0n) is 8.04. The number of hydrogen-bond donors (Lipinski definition) is 3. The maximum absolute atomic E-state index is 9.58. The van der Waals surface area contributed by atoms with E-state index in [4.69, 9.17) is 11.5 Å². The normalized spacial score (nSPS) is 12.9. The molecule has 0 radical (unpaired) electrons. The maximum Gasteiger partial charge on any atom is 0.120 e. The van der Waals surface area contributed by atoms with E-state index in [1.54, 1.807) is 6.07 Å². The fraction of sp³-hybridized carbons (Fsp3) is 0.400. The van der Waals surface area contributed by atoms with E-state index < -0.39 is 0 Å². The van der Waals surface area contributed by atoms with Crippen LogP contribution in [0, 0.1) is 13.8 Å². The van der Waals surface area contributed by atoms with Crippen LogP contribution in [0.5, 0.6) is 5.75 Å². The first-order valence-electron chi connectivity index (χ1n) is 4.32. The van der Waals surface area contributed by atoms with Crippen molar-refractivity contribution < 1.29 is 5.11 Å². The third-order valence-electron chi connectivity index (χ3n) is 2.30. The van der Waals surface area contributed by atoms with Gasteiger partial charge < -0.3 is 16.6 Å². The van der Waals surface area contributed by atoms with E-state index >= 15 is 0 Å². The fourth-order valence-electron chi connectivity index (χ4n) is 1.25. The lowest BCUT2D eigenvalue weighted by Crippen LogP contribution is -2.21. The lowest BCUT2D eigenvalue weighted by molar-refractivity contribution is 0.461. The van der Waals surface area contributed by atoms with Gasteiger partial charge in [-0.3, -0.25) is 0 Å². The summed E-state index contributed by atoms with van der Waals surface area (Å²) < 4.78 is 0. The third-order valence-corrected chi connectivity index (χ3v) is 2.30. The van der Waals surface area contributed by atoms with Crippen LogP contribution in [0.3, 0.4) is 0 Å². The minimum atomic E-state index is -0.278. The maximum atomic E-state index is 9.58. The summed E-state index contributed by atoms with van der Waals surface area (Å²) in [4.78, 5) is 0. The van der Waals surface area contributed by atoms with Gasteiger partial charge in [0.1, 0.15) is 5.75 Å². The highest BCUT2D eigenvalue weighted by atomic mass is 16.3. The molecule has 3 heteroatoms. The molecule has 5 N–H and O–H groups in total. The second kappa shape index (κ2) is 3.77.